The lowest BCUT2D eigenvalue weighted by atomic mass is 10.0. The smallest absolute Gasteiger partial charge is 0.336 e. The molecule has 1 saturated heterocycles. The van der Waals surface area contributed by atoms with Crippen molar-refractivity contribution >= 4 is 11.9 Å². The third-order valence-electron chi connectivity index (χ3n) is 4.53. The summed E-state index contributed by atoms with van der Waals surface area (Å²) >= 11 is 0. The minimum Gasteiger partial charge on any atom is -0.419 e. The summed E-state index contributed by atoms with van der Waals surface area (Å²) in [6, 6.07) is 3.06. The number of carbonyl (C=O) groups excluding carboxylic acids is 2. The first-order chi connectivity index (χ1) is 14.0. The van der Waals surface area contributed by atoms with Crippen molar-refractivity contribution in [2.45, 2.75) is 19.1 Å². The van der Waals surface area contributed by atoms with Gasteiger partial charge in [0.15, 0.2) is 11.5 Å². The largest absolute Gasteiger partial charge is 0.419 e. The molecule has 9 heteroatoms. The lowest BCUT2D eigenvalue weighted by Gasteiger charge is -2.19. The van der Waals surface area contributed by atoms with Crippen molar-refractivity contribution in [2.24, 2.45) is 0 Å². The van der Waals surface area contributed by atoms with E-state index >= 15 is 0 Å². The molecule has 1 fully saturated rings. The van der Waals surface area contributed by atoms with E-state index in [9.17, 15) is 18.4 Å². The fourth-order valence-corrected chi connectivity index (χ4v) is 3.13. The van der Waals surface area contributed by atoms with E-state index in [0.717, 1.165) is 43.4 Å². The second-order valence-corrected chi connectivity index (χ2v) is 6.50. The number of esters is 2. The van der Waals surface area contributed by atoms with E-state index in [0.29, 0.717) is 6.54 Å². The van der Waals surface area contributed by atoms with E-state index in [1.807, 2.05) is 0 Å². The maximum atomic E-state index is 14.4. The molecular weight excluding hydrogens is 386 g/mol. The summed E-state index contributed by atoms with van der Waals surface area (Å²) in [7, 11) is 0. The van der Waals surface area contributed by atoms with Crippen LogP contribution in [0.5, 0.6) is 11.5 Å². The van der Waals surface area contributed by atoms with Crippen LogP contribution in [0.2, 0.25) is 0 Å². The Morgan fingerprint density at radius 3 is 2.69 bits per heavy atom. The van der Waals surface area contributed by atoms with Crippen LogP contribution in [0.3, 0.4) is 0 Å². The molecule has 1 aromatic carbocycles. The molecule has 4 rings (SSSR count). The lowest BCUT2D eigenvalue weighted by molar-refractivity contribution is -0.133. The summed E-state index contributed by atoms with van der Waals surface area (Å²) in [4.78, 5) is 28.0. The fourth-order valence-electron chi connectivity index (χ4n) is 3.13. The molecule has 0 amide bonds. The van der Waals surface area contributed by atoms with Crippen LogP contribution in [0.25, 0.3) is 11.3 Å². The van der Waals surface area contributed by atoms with Crippen molar-refractivity contribution < 1.29 is 32.6 Å². The maximum absolute atomic E-state index is 14.4. The first-order valence-electron chi connectivity index (χ1n) is 8.92. The van der Waals surface area contributed by atoms with Crippen molar-refractivity contribution in [3.8, 4) is 22.8 Å². The summed E-state index contributed by atoms with van der Waals surface area (Å²) in [6.45, 7) is 1.36. The predicted octanol–water partition coefficient (Wildman–Crippen LogP) is 2.29. The standard InChI is InChI=1S/C20H16F2N2O5/c21-11-1-2-13(15(22)7-11)19-14(10-27-12-5-6-23-8-12)20-16(9-24-19)28-17(25)3-4-18(26)29-20/h1-4,7,9,12,23H,5-6,8,10H2/b4-3+/t12-/m0/s1. The zero-order valence-corrected chi connectivity index (χ0v) is 15.1. The Morgan fingerprint density at radius 2 is 1.97 bits per heavy atom. The first-order valence-corrected chi connectivity index (χ1v) is 8.92. The molecule has 0 radical (unpaired) electrons. The molecule has 3 heterocycles. The Balaban J connectivity index is 1.81. The van der Waals surface area contributed by atoms with Crippen LogP contribution in [0, 0.1) is 11.6 Å². The number of carbonyl (C=O) groups is 2. The number of aromatic nitrogens is 1. The molecule has 0 unspecified atom stereocenters. The molecule has 1 atom stereocenters. The van der Waals surface area contributed by atoms with Gasteiger partial charge in [-0.3, -0.25) is 4.98 Å². The number of nitrogens with zero attached hydrogens (tertiary/aromatic N) is 1. The molecule has 0 saturated carbocycles. The highest BCUT2D eigenvalue weighted by Gasteiger charge is 2.26. The van der Waals surface area contributed by atoms with Crippen molar-refractivity contribution in [3.63, 3.8) is 0 Å². The van der Waals surface area contributed by atoms with Crippen LogP contribution in [-0.4, -0.2) is 36.1 Å². The highest BCUT2D eigenvalue weighted by atomic mass is 19.1. The van der Waals surface area contributed by atoms with Gasteiger partial charge in [-0.05, 0) is 25.1 Å². The van der Waals surface area contributed by atoms with Crippen LogP contribution < -0.4 is 14.8 Å². The number of fused-ring (bicyclic) bond motifs is 1. The van der Waals surface area contributed by atoms with Crippen LogP contribution in [0.1, 0.15) is 12.0 Å². The van der Waals surface area contributed by atoms with Crippen LogP contribution in [-0.2, 0) is 20.9 Å². The number of hydrogen-bond donors (Lipinski definition) is 1. The quantitative estimate of drug-likeness (QED) is 0.786. The Morgan fingerprint density at radius 1 is 1.17 bits per heavy atom. The third-order valence-corrected chi connectivity index (χ3v) is 4.53. The van der Waals surface area contributed by atoms with Gasteiger partial charge in [0.2, 0.25) is 0 Å². The van der Waals surface area contributed by atoms with E-state index in [4.69, 9.17) is 14.2 Å². The second kappa shape index (κ2) is 8.06. The highest BCUT2D eigenvalue weighted by Crippen LogP contribution is 2.39. The molecule has 1 aromatic heterocycles. The Labute approximate surface area is 164 Å². The molecule has 0 spiro atoms. The van der Waals surface area contributed by atoms with E-state index in [-0.39, 0.29) is 41.0 Å². The normalized spacial score (nSPS) is 19.7. The minimum absolute atomic E-state index is 0.00248. The number of rotatable bonds is 4. The second-order valence-electron chi connectivity index (χ2n) is 6.50. The van der Waals surface area contributed by atoms with Gasteiger partial charge in [-0.15, -0.1) is 0 Å². The summed E-state index contributed by atoms with van der Waals surface area (Å²) in [5, 5.41) is 3.16. The lowest BCUT2D eigenvalue weighted by Crippen LogP contribution is -2.19. The Kier molecular flexibility index (Phi) is 5.32. The van der Waals surface area contributed by atoms with Gasteiger partial charge in [0.1, 0.15) is 11.6 Å². The van der Waals surface area contributed by atoms with Gasteiger partial charge < -0.3 is 19.5 Å². The zero-order valence-electron chi connectivity index (χ0n) is 15.1. The zero-order chi connectivity index (χ0) is 20.4. The minimum atomic E-state index is -0.838. The fraction of sp³-hybridized carbons (Fsp3) is 0.250. The van der Waals surface area contributed by atoms with E-state index < -0.39 is 23.6 Å². The Bertz CT molecular complexity index is 1000. The summed E-state index contributed by atoms with van der Waals surface area (Å²) in [5.41, 5.74) is 0.314. The van der Waals surface area contributed by atoms with Gasteiger partial charge in [0.05, 0.1) is 30.2 Å². The van der Waals surface area contributed by atoms with Gasteiger partial charge in [-0.25, -0.2) is 18.4 Å². The third kappa shape index (κ3) is 4.15. The van der Waals surface area contributed by atoms with Gasteiger partial charge in [0.25, 0.3) is 0 Å². The summed E-state index contributed by atoms with van der Waals surface area (Å²) < 4.78 is 44.1. The van der Waals surface area contributed by atoms with Gasteiger partial charge in [-0.1, -0.05) is 0 Å². The van der Waals surface area contributed by atoms with Crippen molar-refractivity contribution in [1.82, 2.24) is 10.3 Å². The van der Waals surface area contributed by atoms with E-state index in [1.165, 1.54) is 6.07 Å². The van der Waals surface area contributed by atoms with Gasteiger partial charge in [-0.2, -0.15) is 0 Å². The molecule has 2 aromatic rings. The number of halogens is 2. The molecular formula is C20H16F2N2O5. The topological polar surface area (TPSA) is 86.8 Å². The molecule has 2 aliphatic rings. The molecule has 2 aliphatic heterocycles. The highest BCUT2D eigenvalue weighted by molar-refractivity contribution is 5.95. The predicted molar refractivity (Wildman–Crippen MR) is 96.1 cm³/mol. The van der Waals surface area contributed by atoms with E-state index in [2.05, 4.69) is 10.3 Å². The van der Waals surface area contributed by atoms with Crippen molar-refractivity contribution in [1.29, 1.82) is 0 Å². The molecule has 1 N–H and O–H groups in total. The number of pyridine rings is 1. The Hall–Kier alpha value is -3.17. The first kappa shape index (κ1) is 19.2. The SMILES string of the molecule is O=C1/C=C/C(=O)Oc2c(cnc(-c3ccc(F)cc3F)c2CO[C@H]2CCNC2)O1. The van der Waals surface area contributed by atoms with Gasteiger partial charge in [0, 0.05) is 30.3 Å². The molecule has 7 nitrogen and oxygen atoms in total. The average molecular weight is 402 g/mol. The number of nitrogens with one attached hydrogen (secondary N) is 1. The number of hydrogen-bond acceptors (Lipinski definition) is 7. The molecule has 0 bridgehead atoms. The average Bonchev–Trinajstić information content (AvgIpc) is 3.19. The van der Waals surface area contributed by atoms with Crippen LogP contribution in [0.15, 0.2) is 36.5 Å². The summed E-state index contributed by atoms with van der Waals surface area (Å²) in [6.07, 6.45) is 3.69. The monoisotopic (exact) mass is 402 g/mol. The summed E-state index contributed by atoms with van der Waals surface area (Å²) in [5.74, 6) is -3.34. The van der Waals surface area contributed by atoms with Gasteiger partial charge >= 0.3 is 11.9 Å². The van der Waals surface area contributed by atoms with Crippen molar-refractivity contribution in [2.75, 3.05) is 13.1 Å². The maximum Gasteiger partial charge on any atom is 0.336 e. The van der Waals surface area contributed by atoms with Crippen molar-refractivity contribution in [3.05, 3.63) is 53.7 Å². The number of benzene rings is 1. The molecule has 29 heavy (non-hydrogen) atoms. The van der Waals surface area contributed by atoms with Crippen LogP contribution >= 0.6 is 0 Å². The number of ether oxygens (including phenoxy) is 3. The molecule has 150 valence electrons. The van der Waals surface area contributed by atoms with Crippen LogP contribution in [0.4, 0.5) is 8.78 Å². The molecule has 0 aliphatic carbocycles. The van der Waals surface area contributed by atoms with E-state index in [1.54, 1.807) is 0 Å².